The molecule has 1 aliphatic carbocycles. The number of nitrogens with zero attached hydrogens (tertiary/aromatic N) is 1. The summed E-state index contributed by atoms with van der Waals surface area (Å²) in [7, 11) is -0.614. The third-order valence-electron chi connectivity index (χ3n) is 3.87. The van der Waals surface area contributed by atoms with E-state index in [1.54, 1.807) is 6.07 Å². The summed E-state index contributed by atoms with van der Waals surface area (Å²) < 4.78 is 11.4. The van der Waals surface area contributed by atoms with Gasteiger partial charge < -0.3 is 5.11 Å². The minimum Gasteiger partial charge on any atom is -0.508 e. The van der Waals surface area contributed by atoms with Gasteiger partial charge in [-0.25, -0.2) is 0 Å². The van der Waals surface area contributed by atoms with E-state index in [4.69, 9.17) is 0 Å². The molecule has 1 heterocycles. The first-order valence-electron chi connectivity index (χ1n) is 6.15. The molecule has 3 rings (SSSR count). The monoisotopic (exact) mass is 251 g/mol. The highest BCUT2D eigenvalue weighted by molar-refractivity contribution is 7.85. The van der Waals surface area contributed by atoms with Crippen molar-refractivity contribution in [3.63, 3.8) is 0 Å². The molecule has 1 unspecified atom stereocenters. The maximum absolute atomic E-state index is 11.4. The smallest absolute Gasteiger partial charge is 0.119 e. The molecule has 0 radical (unpaired) electrons. The van der Waals surface area contributed by atoms with E-state index in [0.717, 1.165) is 43.0 Å². The predicted octanol–water partition coefficient (Wildman–Crippen LogP) is 1.44. The zero-order valence-corrected chi connectivity index (χ0v) is 10.6. The minimum absolute atomic E-state index is 0.425. The Morgan fingerprint density at radius 2 is 2.06 bits per heavy atom. The molecular weight excluding hydrogens is 234 g/mol. The standard InChI is InChI=1S/C13H17NO2S/c15-13-3-1-2-10-11(13)4-5-12(10)14-6-8-17(16)9-7-14/h1-3,12,15H,4-9H2. The van der Waals surface area contributed by atoms with Crippen LogP contribution in [0.4, 0.5) is 0 Å². The summed E-state index contributed by atoms with van der Waals surface area (Å²) in [6.45, 7) is 1.85. The fourth-order valence-corrected chi connectivity index (χ4v) is 4.04. The Morgan fingerprint density at radius 3 is 2.82 bits per heavy atom. The second kappa shape index (κ2) is 4.42. The molecule has 0 bridgehead atoms. The van der Waals surface area contributed by atoms with Gasteiger partial charge in [-0.3, -0.25) is 9.11 Å². The lowest BCUT2D eigenvalue weighted by molar-refractivity contribution is 0.216. The lowest BCUT2D eigenvalue weighted by Gasteiger charge is -2.32. The van der Waals surface area contributed by atoms with Crippen molar-refractivity contribution in [3.05, 3.63) is 29.3 Å². The van der Waals surface area contributed by atoms with Crippen molar-refractivity contribution in [2.75, 3.05) is 24.6 Å². The molecule has 0 spiro atoms. The summed E-state index contributed by atoms with van der Waals surface area (Å²) in [4.78, 5) is 2.42. The highest BCUT2D eigenvalue weighted by Gasteiger charge is 2.31. The van der Waals surface area contributed by atoms with Gasteiger partial charge in [0.15, 0.2) is 0 Å². The van der Waals surface area contributed by atoms with Gasteiger partial charge in [0.1, 0.15) is 5.75 Å². The fourth-order valence-electron chi connectivity index (χ4n) is 2.96. The van der Waals surface area contributed by atoms with Crippen LogP contribution in [0.15, 0.2) is 18.2 Å². The molecule has 1 aliphatic heterocycles. The van der Waals surface area contributed by atoms with Crippen molar-refractivity contribution in [2.45, 2.75) is 18.9 Å². The predicted molar refractivity (Wildman–Crippen MR) is 68.6 cm³/mol. The molecule has 1 fully saturated rings. The Labute approximate surface area is 104 Å². The van der Waals surface area contributed by atoms with Crippen molar-refractivity contribution < 1.29 is 9.32 Å². The van der Waals surface area contributed by atoms with E-state index in [9.17, 15) is 9.32 Å². The molecule has 1 saturated heterocycles. The second-order valence-electron chi connectivity index (χ2n) is 4.78. The number of rotatable bonds is 1. The molecule has 1 aromatic rings. The fraction of sp³-hybridized carbons (Fsp3) is 0.538. The van der Waals surface area contributed by atoms with Gasteiger partial charge in [-0.15, -0.1) is 0 Å². The van der Waals surface area contributed by atoms with Crippen LogP contribution in [0, 0.1) is 0 Å². The Balaban J connectivity index is 1.84. The third-order valence-corrected chi connectivity index (χ3v) is 5.14. The first-order valence-corrected chi connectivity index (χ1v) is 7.64. The van der Waals surface area contributed by atoms with Gasteiger partial charge in [-0.2, -0.15) is 0 Å². The average Bonchev–Trinajstić information content (AvgIpc) is 2.75. The molecule has 17 heavy (non-hydrogen) atoms. The molecule has 0 amide bonds. The molecule has 92 valence electrons. The largest absolute Gasteiger partial charge is 0.508 e. The van der Waals surface area contributed by atoms with Crippen LogP contribution in [0.25, 0.3) is 0 Å². The van der Waals surface area contributed by atoms with Crippen LogP contribution >= 0.6 is 0 Å². The average molecular weight is 251 g/mol. The zero-order chi connectivity index (χ0) is 11.8. The summed E-state index contributed by atoms with van der Waals surface area (Å²) in [6, 6.07) is 6.24. The van der Waals surface area contributed by atoms with Crippen molar-refractivity contribution >= 4 is 10.8 Å². The van der Waals surface area contributed by atoms with Crippen molar-refractivity contribution in [2.24, 2.45) is 0 Å². The van der Waals surface area contributed by atoms with Gasteiger partial charge in [0, 0.05) is 41.4 Å². The third kappa shape index (κ3) is 2.00. The number of hydrogen-bond acceptors (Lipinski definition) is 3. The highest BCUT2D eigenvalue weighted by atomic mass is 32.2. The van der Waals surface area contributed by atoms with Crippen LogP contribution in [-0.2, 0) is 17.2 Å². The number of hydrogen-bond donors (Lipinski definition) is 1. The number of benzene rings is 1. The van der Waals surface area contributed by atoms with Crippen molar-refractivity contribution in [3.8, 4) is 5.75 Å². The van der Waals surface area contributed by atoms with E-state index >= 15 is 0 Å². The topological polar surface area (TPSA) is 40.5 Å². The molecule has 4 heteroatoms. The van der Waals surface area contributed by atoms with Gasteiger partial charge in [-0.05, 0) is 30.0 Å². The molecule has 1 aromatic carbocycles. The highest BCUT2D eigenvalue weighted by Crippen LogP contribution is 2.39. The molecule has 2 aliphatic rings. The first-order chi connectivity index (χ1) is 8.25. The number of fused-ring (bicyclic) bond motifs is 1. The number of phenols is 1. The van der Waals surface area contributed by atoms with Gasteiger partial charge >= 0.3 is 0 Å². The van der Waals surface area contributed by atoms with Gasteiger partial charge in [0.05, 0.1) is 0 Å². The van der Waals surface area contributed by atoms with Crippen molar-refractivity contribution in [1.29, 1.82) is 0 Å². The molecular formula is C13H17NO2S. The van der Waals surface area contributed by atoms with E-state index in [1.807, 2.05) is 6.07 Å². The van der Waals surface area contributed by atoms with E-state index in [-0.39, 0.29) is 0 Å². The lowest BCUT2D eigenvalue weighted by atomic mass is 10.1. The first kappa shape index (κ1) is 11.2. The van der Waals surface area contributed by atoms with Crippen LogP contribution < -0.4 is 0 Å². The molecule has 0 aromatic heterocycles. The van der Waals surface area contributed by atoms with E-state index in [2.05, 4.69) is 11.0 Å². The van der Waals surface area contributed by atoms with Crippen LogP contribution in [0.2, 0.25) is 0 Å². The van der Waals surface area contributed by atoms with E-state index in [1.165, 1.54) is 5.56 Å². The van der Waals surface area contributed by atoms with Crippen LogP contribution in [0.1, 0.15) is 23.6 Å². The summed E-state index contributed by atoms with van der Waals surface area (Å²) in [5, 5.41) is 9.82. The van der Waals surface area contributed by atoms with E-state index in [0.29, 0.717) is 11.8 Å². The Hall–Kier alpha value is -0.870. The Morgan fingerprint density at radius 1 is 1.29 bits per heavy atom. The SMILES string of the molecule is O=S1CCN(C2CCc3c(O)cccc32)CC1. The zero-order valence-electron chi connectivity index (χ0n) is 9.76. The quantitative estimate of drug-likeness (QED) is 0.821. The Kier molecular flexibility index (Phi) is 2.92. The number of aromatic hydroxyl groups is 1. The van der Waals surface area contributed by atoms with Crippen LogP contribution in [0.3, 0.4) is 0 Å². The normalized spacial score (nSPS) is 26.0. The summed E-state index contributed by atoms with van der Waals surface area (Å²) in [5.41, 5.74) is 2.39. The van der Waals surface area contributed by atoms with Crippen LogP contribution in [0.5, 0.6) is 5.75 Å². The summed E-state index contributed by atoms with van der Waals surface area (Å²) in [5.74, 6) is 2.03. The minimum atomic E-state index is -0.614. The number of phenolic OH excluding ortho intramolecular Hbond substituents is 1. The Bertz CT molecular complexity index is 451. The second-order valence-corrected chi connectivity index (χ2v) is 6.48. The van der Waals surface area contributed by atoms with Crippen molar-refractivity contribution in [1.82, 2.24) is 4.90 Å². The molecule has 3 nitrogen and oxygen atoms in total. The lowest BCUT2D eigenvalue weighted by Crippen LogP contribution is -2.39. The van der Waals surface area contributed by atoms with Gasteiger partial charge in [0.2, 0.25) is 0 Å². The molecule has 0 saturated carbocycles. The van der Waals surface area contributed by atoms with Gasteiger partial charge in [-0.1, -0.05) is 12.1 Å². The summed E-state index contributed by atoms with van der Waals surface area (Å²) >= 11 is 0. The molecule has 1 N–H and O–H groups in total. The van der Waals surface area contributed by atoms with E-state index < -0.39 is 10.8 Å². The van der Waals surface area contributed by atoms with Gasteiger partial charge in [0.25, 0.3) is 0 Å². The molecule has 1 atom stereocenters. The maximum Gasteiger partial charge on any atom is 0.119 e. The maximum atomic E-state index is 11.4. The summed E-state index contributed by atoms with van der Waals surface area (Å²) in [6.07, 6.45) is 2.05. The van der Waals surface area contributed by atoms with Crippen LogP contribution in [-0.4, -0.2) is 38.8 Å².